The number of carbonyl (C=O) groups is 1. The van der Waals surface area contributed by atoms with Crippen LogP contribution in [0.1, 0.15) is 25.5 Å². The van der Waals surface area contributed by atoms with Crippen LogP contribution < -0.4 is 4.74 Å². The number of allylic oxidation sites excluding steroid dienone is 2. The SMILES string of the molecule is CC1(C)C(/C=C(\Cl)C(F)(F)F)C1C(=O)OC(C#N)c1cccc(Oc2ccc(Cl)cc2)c1. The molecule has 2 aromatic rings. The van der Waals surface area contributed by atoms with E-state index in [1.807, 2.05) is 6.07 Å². The Morgan fingerprint density at radius 3 is 2.44 bits per heavy atom. The molecule has 0 saturated heterocycles. The van der Waals surface area contributed by atoms with Crippen LogP contribution >= 0.6 is 23.2 Å². The van der Waals surface area contributed by atoms with Gasteiger partial charge in [-0.1, -0.05) is 55.3 Å². The third-order valence-corrected chi connectivity index (χ3v) is 5.92. The van der Waals surface area contributed by atoms with Crippen molar-refractivity contribution in [2.45, 2.75) is 26.1 Å². The third-order valence-electron chi connectivity index (χ3n) is 5.32. The molecule has 0 spiro atoms. The minimum absolute atomic E-state index is 0.367. The van der Waals surface area contributed by atoms with E-state index in [1.165, 1.54) is 0 Å². The summed E-state index contributed by atoms with van der Waals surface area (Å²) in [5.41, 5.74) is -0.409. The quantitative estimate of drug-likeness (QED) is 0.407. The molecule has 0 aromatic heterocycles. The summed E-state index contributed by atoms with van der Waals surface area (Å²) in [5.74, 6) is -1.43. The van der Waals surface area contributed by atoms with Crippen LogP contribution in [0.25, 0.3) is 0 Å². The van der Waals surface area contributed by atoms with Gasteiger partial charge in [-0.15, -0.1) is 0 Å². The number of rotatable bonds is 6. The zero-order chi connectivity index (χ0) is 23.7. The number of esters is 1. The average molecular weight is 484 g/mol. The smallest absolute Gasteiger partial charge is 0.426 e. The number of alkyl halides is 3. The van der Waals surface area contributed by atoms with E-state index in [0.717, 1.165) is 6.08 Å². The van der Waals surface area contributed by atoms with E-state index >= 15 is 0 Å². The highest BCUT2D eigenvalue weighted by Crippen LogP contribution is 2.60. The zero-order valence-corrected chi connectivity index (χ0v) is 18.5. The van der Waals surface area contributed by atoms with Crippen molar-refractivity contribution in [1.29, 1.82) is 5.26 Å². The molecular weight excluding hydrogens is 466 g/mol. The molecule has 1 fully saturated rings. The largest absolute Gasteiger partial charge is 0.457 e. The number of hydrogen-bond acceptors (Lipinski definition) is 4. The van der Waals surface area contributed by atoms with Crippen molar-refractivity contribution in [1.82, 2.24) is 0 Å². The number of hydrogen-bond donors (Lipinski definition) is 0. The van der Waals surface area contributed by atoms with Crippen LogP contribution in [-0.2, 0) is 9.53 Å². The minimum atomic E-state index is -4.69. The number of nitriles is 1. The summed E-state index contributed by atoms with van der Waals surface area (Å²) in [7, 11) is 0. The number of benzene rings is 2. The van der Waals surface area contributed by atoms with Crippen LogP contribution in [0.15, 0.2) is 59.6 Å². The van der Waals surface area contributed by atoms with Crippen molar-refractivity contribution in [3.8, 4) is 17.6 Å². The predicted molar refractivity (Wildman–Crippen MR) is 113 cm³/mol. The van der Waals surface area contributed by atoms with Gasteiger partial charge >= 0.3 is 12.1 Å². The van der Waals surface area contributed by atoms with Gasteiger partial charge in [0.05, 0.1) is 5.92 Å². The second kappa shape index (κ2) is 9.05. The van der Waals surface area contributed by atoms with Crippen molar-refractivity contribution >= 4 is 29.2 Å². The molecule has 0 radical (unpaired) electrons. The van der Waals surface area contributed by atoms with Gasteiger partial charge in [0.2, 0.25) is 6.10 Å². The summed E-state index contributed by atoms with van der Waals surface area (Å²) in [4.78, 5) is 12.6. The first kappa shape index (κ1) is 24.0. The molecule has 4 nitrogen and oxygen atoms in total. The van der Waals surface area contributed by atoms with Crippen LogP contribution in [0.2, 0.25) is 5.02 Å². The maximum atomic E-state index is 12.7. The van der Waals surface area contributed by atoms with Crippen molar-refractivity contribution in [2.24, 2.45) is 17.3 Å². The topological polar surface area (TPSA) is 59.3 Å². The van der Waals surface area contributed by atoms with Gasteiger partial charge < -0.3 is 9.47 Å². The fraction of sp³-hybridized carbons (Fsp3) is 0.304. The van der Waals surface area contributed by atoms with Crippen molar-refractivity contribution in [3.63, 3.8) is 0 Å². The number of carbonyl (C=O) groups excluding carboxylic acids is 1. The van der Waals surface area contributed by atoms with Crippen molar-refractivity contribution < 1.29 is 27.4 Å². The summed E-state index contributed by atoms with van der Waals surface area (Å²) in [5, 5.41) is 8.79. The lowest BCUT2D eigenvalue weighted by molar-refractivity contribution is -0.149. The molecule has 3 rings (SSSR count). The molecule has 9 heteroatoms. The van der Waals surface area contributed by atoms with E-state index in [9.17, 15) is 23.2 Å². The number of halogens is 5. The molecule has 0 aliphatic heterocycles. The lowest BCUT2D eigenvalue weighted by Gasteiger charge is -2.13. The van der Waals surface area contributed by atoms with Gasteiger partial charge in [-0.3, -0.25) is 4.79 Å². The highest BCUT2D eigenvalue weighted by atomic mass is 35.5. The van der Waals surface area contributed by atoms with Crippen LogP contribution in [0.5, 0.6) is 11.5 Å². The molecule has 3 atom stereocenters. The van der Waals surface area contributed by atoms with Crippen molar-refractivity contribution in [3.05, 3.63) is 70.2 Å². The van der Waals surface area contributed by atoms with E-state index in [1.54, 1.807) is 62.4 Å². The standard InChI is InChI=1S/C23H18Cl2F3NO3/c1-22(2)17(11-19(25)23(26,27)28)20(22)21(30)32-18(12-29)13-4-3-5-16(10-13)31-15-8-6-14(24)7-9-15/h3-11,17-18,20H,1-2H3/b19-11-. The van der Waals surface area contributed by atoms with Crippen LogP contribution in [0.4, 0.5) is 13.2 Å². The Morgan fingerprint density at radius 1 is 1.19 bits per heavy atom. The Hall–Kier alpha value is -2.69. The highest BCUT2D eigenvalue weighted by Gasteiger charge is 2.62. The molecule has 1 saturated carbocycles. The molecular formula is C23H18Cl2F3NO3. The van der Waals surface area contributed by atoms with Gasteiger partial charge in [0.25, 0.3) is 0 Å². The van der Waals surface area contributed by atoms with E-state index in [4.69, 9.17) is 32.7 Å². The second-order valence-corrected chi connectivity index (χ2v) is 8.76. The molecule has 168 valence electrons. The van der Waals surface area contributed by atoms with Gasteiger partial charge in [-0.25, -0.2) is 0 Å². The van der Waals surface area contributed by atoms with E-state index < -0.39 is 40.5 Å². The molecule has 32 heavy (non-hydrogen) atoms. The first-order chi connectivity index (χ1) is 14.9. The van der Waals surface area contributed by atoms with E-state index in [2.05, 4.69) is 0 Å². The van der Waals surface area contributed by atoms with Gasteiger partial charge in [0.1, 0.15) is 22.6 Å². The maximum absolute atomic E-state index is 12.7. The Labute approximate surface area is 193 Å². The second-order valence-electron chi connectivity index (χ2n) is 7.91. The molecule has 1 aliphatic carbocycles. The molecule has 0 amide bonds. The first-order valence-electron chi connectivity index (χ1n) is 9.51. The van der Waals surface area contributed by atoms with E-state index in [0.29, 0.717) is 22.1 Å². The van der Waals surface area contributed by atoms with Gasteiger partial charge in [-0.05, 0) is 47.7 Å². The molecule has 2 aromatic carbocycles. The molecule has 0 bridgehead atoms. The zero-order valence-electron chi connectivity index (χ0n) is 17.0. The van der Waals surface area contributed by atoms with Crippen molar-refractivity contribution in [2.75, 3.05) is 0 Å². The van der Waals surface area contributed by atoms with Gasteiger partial charge in [0, 0.05) is 10.6 Å². The number of ether oxygens (including phenoxy) is 2. The molecule has 0 heterocycles. The summed E-state index contributed by atoms with van der Waals surface area (Å²) in [6.45, 7) is 3.28. The predicted octanol–water partition coefficient (Wildman–Crippen LogP) is 7.20. The van der Waals surface area contributed by atoms with Crippen LogP contribution in [0, 0.1) is 28.6 Å². The minimum Gasteiger partial charge on any atom is -0.457 e. The molecule has 3 unspecified atom stereocenters. The maximum Gasteiger partial charge on any atom is 0.426 e. The monoisotopic (exact) mass is 483 g/mol. The Bertz CT molecular complexity index is 1080. The summed E-state index contributed by atoms with van der Waals surface area (Å²) >= 11 is 11.2. The highest BCUT2D eigenvalue weighted by molar-refractivity contribution is 6.30. The summed E-state index contributed by atoms with van der Waals surface area (Å²) in [6, 6.07) is 15.0. The van der Waals surface area contributed by atoms with Crippen LogP contribution in [-0.4, -0.2) is 12.1 Å². The lowest BCUT2D eigenvalue weighted by Crippen LogP contribution is -2.14. The molecule has 0 N–H and O–H groups in total. The van der Waals surface area contributed by atoms with E-state index in [-0.39, 0.29) is 0 Å². The lowest BCUT2D eigenvalue weighted by atomic mass is 10.1. The summed E-state index contributed by atoms with van der Waals surface area (Å²) in [6.07, 6.45) is -5.11. The van der Waals surface area contributed by atoms with Crippen LogP contribution in [0.3, 0.4) is 0 Å². The number of nitrogens with zero attached hydrogens (tertiary/aromatic N) is 1. The Morgan fingerprint density at radius 2 is 1.84 bits per heavy atom. The average Bonchev–Trinajstić information content (AvgIpc) is 3.27. The summed E-state index contributed by atoms with van der Waals surface area (Å²) < 4.78 is 49.3. The third kappa shape index (κ3) is 5.37. The Balaban J connectivity index is 1.72. The fourth-order valence-electron chi connectivity index (χ4n) is 3.43. The normalized spacial score (nSPS) is 20.8. The molecule has 1 aliphatic rings. The first-order valence-corrected chi connectivity index (χ1v) is 10.3. The van der Waals surface area contributed by atoms with Gasteiger partial charge in [-0.2, -0.15) is 18.4 Å². The fourth-order valence-corrected chi connectivity index (χ4v) is 3.69. The Kier molecular flexibility index (Phi) is 6.77. The van der Waals surface area contributed by atoms with Gasteiger partial charge in [0.15, 0.2) is 0 Å².